The summed E-state index contributed by atoms with van der Waals surface area (Å²) < 4.78 is 40.4. The third-order valence-electron chi connectivity index (χ3n) is 3.18. The fourth-order valence-electron chi connectivity index (χ4n) is 2.15. The van der Waals surface area contributed by atoms with Gasteiger partial charge in [0.1, 0.15) is 5.71 Å². The molecule has 7 heteroatoms. The highest BCUT2D eigenvalue weighted by atomic mass is 35.5. The number of hydrogen-bond donors (Lipinski definition) is 1. The second-order valence-electron chi connectivity index (χ2n) is 5.07. The van der Waals surface area contributed by atoms with Crippen molar-refractivity contribution < 1.29 is 18.4 Å². The van der Waals surface area contributed by atoms with Crippen LogP contribution >= 0.6 is 23.2 Å². The van der Waals surface area contributed by atoms with Gasteiger partial charge in [-0.15, -0.1) is 0 Å². The van der Waals surface area contributed by atoms with Crippen LogP contribution in [0, 0.1) is 6.92 Å². The number of nitrogens with zero attached hydrogens (tertiary/aromatic N) is 1. The van der Waals surface area contributed by atoms with Crippen molar-refractivity contribution in [1.29, 1.82) is 0 Å². The molecule has 0 atom stereocenters. The van der Waals surface area contributed by atoms with Gasteiger partial charge in [0.05, 0.1) is 5.57 Å². The van der Waals surface area contributed by atoms with Gasteiger partial charge in [-0.05, 0) is 42.8 Å². The molecule has 0 aromatic heterocycles. The summed E-state index contributed by atoms with van der Waals surface area (Å²) in [6.07, 6.45) is -3.93. The summed E-state index contributed by atoms with van der Waals surface area (Å²) in [6, 6.07) is 10.2. The van der Waals surface area contributed by atoms with Gasteiger partial charge >= 0.3 is 6.18 Å². The number of halogens is 5. The third-order valence-corrected chi connectivity index (χ3v) is 3.62. The van der Waals surface area contributed by atoms with Crippen LogP contribution in [0.5, 0.6) is 0 Å². The molecule has 0 aliphatic carbocycles. The fraction of sp³-hybridized carbons (Fsp3) is 0.118. The largest absolute Gasteiger partial charge is 0.417 e. The van der Waals surface area contributed by atoms with Gasteiger partial charge in [0.15, 0.2) is 0 Å². The minimum Gasteiger partial charge on any atom is -0.410 e. The monoisotopic (exact) mass is 373 g/mol. The lowest BCUT2D eigenvalue weighted by Gasteiger charge is -2.13. The Morgan fingerprint density at radius 2 is 1.67 bits per heavy atom. The molecule has 2 aromatic carbocycles. The van der Waals surface area contributed by atoms with Crippen LogP contribution in [0.4, 0.5) is 13.2 Å². The highest BCUT2D eigenvalue weighted by Crippen LogP contribution is 2.36. The first-order valence-electron chi connectivity index (χ1n) is 6.75. The molecule has 0 amide bonds. The first-order chi connectivity index (χ1) is 11.2. The van der Waals surface area contributed by atoms with Crippen LogP contribution in [-0.2, 0) is 0 Å². The van der Waals surface area contributed by atoms with Gasteiger partial charge in [-0.25, -0.2) is 0 Å². The van der Waals surface area contributed by atoms with E-state index in [1.807, 2.05) is 0 Å². The Morgan fingerprint density at radius 3 is 2.17 bits per heavy atom. The summed E-state index contributed by atoms with van der Waals surface area (Å²) in [5.41, 5.74) is -0.272. The van der Waals surface area contributed by atoms with E-state index in [-0.39, 0.29) is 21.3 Å². The van der Waals surface area contributed by atoms with Crippen molar-refractivity contribution in [3.8, 4) is 0 Å². The molecule has 24 heavy (non-hydrogen) atoms. The summed E-state index contributed by atoms with van der Waals surface area (Å²) in [6.45, 7) is 1.78. The van der Waals surface area contributed by atoms with Crippen LogP contribution in [0.3, 0.4) is 0 Å². The van der Waals surface area contributed by atoms with Gasteiger partial charge in [-0.3, -0.25) is 0 Å². The number of hydrogen-bond acceptors (Lipinski definition) is 2. The van der Waals surface area contributed by atoms with E-state index in [2.05, 4.69) is 5.16 Å². The lowest BCUT2D eigenvalue weighted by Crippen LogP contribution is -2.13. The molecule has 0 saturated heterocycles. The second-order valence-corrected chi connectivity index (χ2v) is 5.94. The van der Waals surface area contributed by atoms with Crippen LogP contribution in [0.15, 0.2) is 53.7 Å². The summed E-state index contributed by atoms with van der Waals surface area (Å²) in [7, 11) is 0. The zero-order valence-corrected chi connectivity index (χ0v) is 13.9. The van der Waals surface area contributed by atoms with Crippen LogP contribution in [0.1, 0.15) is 16.7 Å². The SMILES string of the molecule is Cc1cccc(C(C=C(c2cc(Cl)cc(Cl)c2)C(F)(F)F)=NO)c1. The molecule has 126 valence electrons. The number of benzene rings is 2. The van der Waals surface area contributed by atoms with Crippen molar-refractivity contribution in [2.24, 2.45) is 5.16 Å². The average molecular weight is 374 g/mol. The van der Waals surface area contributed by atoms with Crippen LogP contribution in [0.25, 0.3) is 5.57 Å². The molecular weight excluding hydrogens is 362 g/mol. The zero-order valence-electron chi connectivity index (χ0n) is 12.4. The molecule has 0 spiro atoms. The normalized spacial score (nSPS) is 13.2. The van der Waals surface area contributed by atoms with E-state index in [4.69, 9.17) is 28.4 Å². The molecule has 0 aliphatic heterocycles. The quantitative estimate of drug-likeness (QED) is 0.392. The highest BCUT2D eigenvalue weighted by molar-refractivity contribution is 6.35. The van der Waals surface area contributed by atoms with Gasteiger partial charge in [-0.1, -0.05) is 52.1 Å². The minimum absolute atomic E-state index is 0.0747. The topological polar surface area (TPSA) is 32.6 Å². The number of alkyl halides is 3. The first-order valence-corrected chi connectivity index (χ1v) is 7.51. The lowest BCUT2D eigenvalue weighted by molar-refractivity contribution is -0.0688. The maximum Gasteiger partial charge on any atom is 0.417 e. The molecule has 2 rings (SSSR count). The van der Waals surface area contributed by atoms with Gasteiger partial charge in [-0.2, -0.15) is 13.2 Å². The molecule has 0 unspecified atom stereocenters. The standard InChI is InChI=1S/C17H12Cl2F3NO/c1-10-3-2-4-11(5-10)16(23-24)9-15(17(20,21)22)12-6-13(18)8-14(19)7-12/h2-9,24H,1H3. The number of oxime groups is 1. The molecular formula is C17H12Cl2F3NO. The number of allylic oxidation sites excluding steroid dienone is 2. The lowest BCUT2D eigenvalue weighted by atomic mass is 10.00. The second kappa shape index (κ2) is 7.28. The molecule has 1 N–H and O–H groups in total. The Morgan fingerprint density at radius 1 is 1.04 bits per heavy atom. The molecule has 0 heterocycles. The Kier molecular flexibility index (Phi) is 5.57. The van der Waals surface area contributed by atoms with E-state index in [9.17, 15) is 13.2 Å². The Bertz CT molecular complexity index is 793. The predicted octanol–water partition coefficient (Wildman–Crippen LogP) is 6.13. The third kappa shape index (κ3) is 4.52. The van der Waals surface area contributed by atoms with Crippen LogP contribution in [0.2, 0.25) is 10.0 Å². The Labute approximate surface area is 146 Å². The van der Waals surface area contributed by atoms with E-state index in [0.29, 0.717) is 5.56 Å². The van der Waals surface area contributed by atoms with Crippen molar-refractivity contribution in [2.45, 2.75) is 13.1 Å². The van der Waals surface area contributed by atoms with Crippen LogP contribution < -0.4 is 0 Å². The van der Waals surface area contributed by atoms with Crippen molar-refractivity contribution >= 4 is 34.5 Å². The molecule has 2 aromatic rings. The summed E-state index contributed by atoms with van der Waals surface area (Å²) in [5, 5.41) is 12.3. The first kappa shape index (κ1) is 18.4. The summed E-state index contributed by atoms with van der Waals surface area (Å²) >= 11 is 11.6. The number of rotatable bonds is 3. The van der Waals surface area contributed by atoms with Crippen molar-refractivity contribution in [1.82, 2.24) is 0 Å². The average Bonchev–Trinajstić information content (AvgIpc) is 2.45. The zero-order chi connectivity index (χ0) is 17.9. The summed E-state index contributed by atoms with van der Waals surface area (Å²) in [4.78, 5) is 0. The molecule has 0 fully saturated rings. The summed E-state index contributed by atoms with van der Waals surface area (Å²) in [5.74, 6) is 0. The molecule has 0 aliphatic rings. The molecule has 0 saturated carbocycles. The van der Waals surface area contributed by atoms with E-state index in [1.165, 1.54) is 6.07 Å². The van der Waals surface area contributed by atoms with Crippen molar-refractivity contribution in [3.63, 3.8) is 0 Å². The van der Waals surface area contributed by atoms with E-state index in [1.54, 1.807) is 31.2 Å². The minimum atomic E-state index is -4.69. The maximum atomic E-state index is 13.5. The molecule has 0 radical (unpaired) electrons. The van der Waals surface area contributed by atoms with E-state index >= 15 is 0 Å². The smallest absolute Gasteiger partial charge is 0.410 e. The van der Waals surface area contributed by atoms with Crippen LogP contribution in [-0.4, -0.2) is 17.1 Å². The highest BCUT2D eigenvalue weighted by Gasteiger charge is 2.35. The van der Waals surface area contributed by atoms with Gasteiger partial charge in [0.2, 0.25) is 0 Å². The van der Waals surface area contributed by atoms with E-state index in [0.717, 1.165) is 23.8 Å². The van der Waals surface area contributed by atoms with Gasteiger partial charge < -0.3 is 5.21 Å². The number of aryl methyl sites for hydroxylation is 1. The van der Waals surface area contributed by atoms with Gasteiger partial charge in [0.25, 0.3) is 0 Å². The predicted molar refractivity (Wildman–Crippen MR) is 90.0 cm³/mol. The Hall–Kier alpha value is -1.98. The fourth-order valence-corrected chi connectivity index (χ4v) is 2.68. The van der Waals surface area contributed by atoms with Crippen molar-refractivity contribution in [2.75, 3.05) is 0 Å². The van der Waals surface area contributed by atoms with E-state index < -0.39 is 11.7 Å². The molecule has 2 nitrogen and oxygen atoms in total. The van der Waals surface area contributed by atoms with Crippen molar-refractivity contribution in [3.05, 3.63) is 75.3 Å². The molecule has 0 bridgehead atoms. The maximum absolute atomic E-state index is 13.5. The Balaban J connectivity index is 2.61. The van der Waals surface area contributed by atoms with Gasteiger partial charge in [0, 0.05) is 15.6 Å².